The first kappa shape index (κ1) is 12.1. The van der Waals surface area contributed by atoms with E-state index in [1.54, 1.807) is 0 Å². The van der Waals surface area contributed by atoms with Crippen molar-refractivity contribution in [2.75, 3.05) is 13.1 Å². The van der Waals surface area contributed by atoms with Crippen LogP contribution in [0.15, 0.2) is 10.8 Å². The van der Waals surface area contributed by atoms with Gasteiger partial charge < -0.3 is 5.32 Å². The van der Waals surface area contributed by atoms with Gasteiger partial charge >= 0.3 is 0 Å². The number of rotatable bonds is 3. The Balaban J connectivity index is 2.03. The summed E-state index contributed by atoms with van der Waals surface area (Å²) in [5, 5.41) is 7.84. The van der Waals surface area contributed by atoms with Gasteiger partial charge in [-0.1, -0.05) is 0 Å². The van der Waals surface area contributed by atoms with E-state index in [1.165, 1.54) is 36.1 Å². The highest BCUT2D eigenvalue weighted by Gasteiger charge is 2.17. The van der Waals surface area contributed by atoms with Gasteiger partial charge in [-0.25, -0.2) is 0 Å². The normalized spacial score (nSPS) is 18.2. The van der Waals surface area contributed by atoms with Gasteiger partial charge in [0.05, 0.1) is 6.20 Å². The van der Waals surface area contributed by atoms with Crippen molar-refractivity contribution >= 4 is 15.9 Å². The van der Waals surface area contributed by atoms with Crippen LogP contribution in [0.1, 0.15) is 38.3 Å². The predicted molar refractivity (Wildman–Crippen MR) is 69.6 cm³/mol. The van der Waals surface area contributed by atoms with Crippen LogP contribution in [-0.2, 0) is 6.42 Å². The fourth-order valence-corrected chi connectivity index (χ4v) is 3.04. The van der Waals surface area contributed by atoms with Crippen molar-refractivity contribution in [2.45, 2.75) is 39.2 Å². The molecule has 4 heteroatoms. The SMILES string of the molecule is CC(C)n1ncc(CC2CCNCC2)c1Br. The number of nitrogens with zero attached hydrogens (tertiary/aromatic N) is 2. The Kier molecular flexibility index (Phi) is 4.03. The Hall–Kier alpha value is -0.350. The van der Waals surface area contributed by atoms with E-state index in [0.717, 1.165) is 12.3 Å². The topological polar surface area (TPSA) is 29.9 Å². The molecule has 16 heavy (non-hydrogen) atoms. The number of nitrogens with one attached hydrogen (secondary N) is 1. The summed E-state index contributed by atoms with van der Waals surface area (Å²) in [5.74, 6) is 0.822. The lowest BCUT2D eigenvalue weighted by molar-refractivity contribution is 0.372. The molecular weight excluding hydrogens is 266 g/mol. The number of aromatic nitrogens is 2. The molecule has 90 valence electrons. The van der Waals surface area contributed by atoms with Gasteiger partial charge in [-0.2, -0.15) is 5.10 Å². The molecule has 3 nitrogen and oxygen atoms in total. The fraction of sp³-hybridized carbons (Fsp3) is 0.750. The van der Waals surface area contributed by atoms with Gasteiger partial charge in [0.15, 0.2) is 0 Å². The van der Waals surface area contributed by atoms with E-state index < -0.39 is 0 Å². The summed E-state index contributed by atoms with van der Waals surface area (Å²) in [5.41, 5.74) is 1.36. The van der Waals surface area contributed by atoms with Gasteiger partial charge in [-0.05, 0) is 68.0 Å². The third-order valence-corrected chi connectivity index (χ3v) is 4.13. The maximum absolute atomic E-state index is 4.43. The van der Waals surface area contributed by atoms with E-state index in [2.05, 4.69) is 44.9 Å². The molecule has 1 aromatic rings. The molecule has 2 rings (SSSR count). The Labute approximate surface area is 106 Å². The predicted octanol–water partition coefficient (Wildman–Crippen LogP) is 2.77. The third-order valence-electron chi connectivity index (χ3n) is 3.26. The maximum atomic E-state index is 4.43. The summed E-state index contributed by atoms with van der Waals surface area (Å²) in [4.78, 5) is 0. The summed E-state index contributed by atoms with van der Waals surface area (Å²) in [6.07, 6.45) is 5.76. The number of hydrogen-bond donors (Lipinski definition) is 1. The van der Waals surface area contributed by atoms with Crippen molar-refractivity contribution in [3.63, 3.8) is 0 Å². The lowest BCUT2D eigenvalue weighted by atomic mass is 9.92. The second-order valence-electron chi connectivity index (χ2n) is 4.90. The fourth-order valence-electron chi connectivity index (χ4n) is 2.28. The standard InChI is InChI=1S/C12H20BrN3/c1-9(2)16-12(13)11(8-15-16)7-10-3-5-14-6-4-10/h8-10,14H,3-7H2,1-2H3. The molecule has 0 spiro atoms. The molecule has 1 aliphatic rings. The second-order valence-corrected chi connectivity index (χ2v) is 5.65. The van der Waals surface area contributed by atoms with Crippen LogP contribution in [-0.4, -0.2) is 22.9 Å². The molecule has 0 aliphatic carbocycles. The van der Waals surface area contributed by atoms with Crippen molar-refractivity contribution in [2.24, 2.45) is 5.92 Å². The van der Waals surface area contributed by atoms with Crippen LogP contribution in [0, 0.1) is 5.92 Å². The summed E-state index contributed by atoms with van der Waals surface area (Å²) < 4.78 is 3.22. The van der Waals surface area contributed by atoms with Crippen LogP contribution < -0.4 is 5.32 Å². The Morgan fingerprint density at radius 2 is 2.19 bits per heavy atom. The van der Waals surface area contributed by atoms with Crippen LogP contribution in [0.3, 0.4) is 0 Å². The van der Waals surface area contributed by atoms with Crippen LogP contribution in [0.25, 0.3) is 0 Å². The zero-order chi connectivity index (χ0) is 11.5. The summed E-state index contributed by atoms with van der Waals surface area (Å²) in [7, 11) is 0. The zero-order valence-electron chi connectivity index (χ0n) is 10.0. The molecule has 2 heterocycles. The van der Waals surface area contributed by atoms with Gasteiger partial charge in [0.25, 0.3) is 0 Å². The molecular formula is C12H20BrN3. The molecule has 0 radical (unpaired) electrons. The zero-order valence-corrected chi connectivity index (χ0v) is 11.6. The molecule has 0 saturated carbocycles. The largest absolute Gasteiger partial charge is 0.317 e. The van der Waals surface area contributed by atoms with E-state index in [9.17, 15) is 0 Å². The van der Waals surface area contributed by atoms with Crippen molar-refractivity contribution in [3.8, 4) is 0 Å². The van der Waals surface area contributed by atoms with Crippen LogP contribution >= 0.6 is 15.9 Å². The maximum Gasteiger partial charge on any atom is 0.107 e. The highest BCUT2D eigenvalue weighted by Crippen LogP contribution is 2.25. The third kappa shape index (κ3) is 2.66. The number of piperidine rings is 1. The first-order valence-electron chi connectivity index (χ1n) is 6.11. The molecule has 0 bridgehead atoms. The Morgan fingerprint density at radius 3 is 2.75 bits per heavy atom. The van der Waals surface area contributed by atoms with E-state index >= 15 is 0 Å². The monoisotopic (exact) mass is 285 g/mol. The number of hydrogen-bond acceptors (Lipinski definition) is 2. The van der Waals surface area contributed by atoms with Crippen molar-refractivity contribution < 1.29 is 0 Å². The quantitative estimate of drug-likeness (QED) is 0.926. The lowest BCUT2D eigenvalue weighted by Crippen LogP contribution is -2.28. The van der Waals surface area contributed by atoms with Crippen molar-refractivity contribution in [1.82, 2.24) is 15.1 Å². The minimum absolute atomic E-state index is 0.427. The molecule has 0 aromatic carbocycles. The van der Waals surface area contributed by atoms with Gasteiger partial charge in [0, 0.05) is 11.6 Å². The van der Waals surface area contributed by atoms with Gasteiger partial charge in [0.2, 0.25) is 0 Å². The minimum Gasteiger partial charge on any atom is -0.317 e. The first-order chi connectivity index (χ1) is 7.68. The van der Waals surface area contributed by atoms with Gasteiger partial charge in [-0.3, -0.25) is 4.68 Å². The summed E-state index contributed by atoms with van der Waals surface area (Å²) in [6.45, 7) is 6.65. The molecule has 1 N–H and O–H groups in total. The molecule has 0 unspecified atom stereocenters. The van der Waals surface area contributed by atoms with Crippen LogP contribution in [0.5, 0.6) is 0 Å². The van der Waals surface area contributed by atoms with E-state index in [4.69, 9.17) is 0 Å². The van der Waals surface area contributed by atoms with Crippen molar-refractivity contribution in [1.29, 1.82) is 0 Å². The first-order valence-corrected chi connectivity index (χ1v) is 6.90. The molecule has 1 saturated heterocycles. The van der Waals surface area contributed by atoms with Crippen LogP contribution in [0.4, 0.5) is 0 Å². The van der Waals surface area contributed by atoms with Crippen LogP contribution in [0.2, 0.25) is 0 Å². The Morgan fingerprint density at radius 1 is 1.50 bits per heavy atom. The average Bonchev–Trinajstić information content (AvgIpc) is 2.62. The summed E-state index contributed by atoms with van der Waals surface area (Å²) in [6, 6.07) is 0.427. The lowest BCUT2D eigenvalue weighted by Gasteiger charge is -2.22. The molecule has 1 aliphatic heterocycles. The number of halogens is 1. The van der Waals surface area contributed by atoms with E-state index in [-0.39, 0.29) is 0 Å². The van der Waals surface area contributed by atoms with E-state index in [1.807, 2.05) is 6.20 Å². The van der Waals surface area contributed by atoms with E-state index in [0.29, 0.717) is 6.04 Å². The van der Waals surface area contributed by atoms with Gasteiger partial charge in [0.1, 0.15) is 4.60 Å². The van der Waals surface area contributed by atoms with Crippen molar-refractivity contribution in [3.05, 3.63) is 16.4 Å². The average molecular weight is 286 g/mol. The molecule has 1 fully saturated rings. The Bertz CT molecular complexity index is 340. The molecule has 0 atom stereocenters. The highest BCUT2D eigenvalue weighted by atomic mass is 79.9. The highest BCUT2D eigenvalue weighted by molar-refractivity contribution is 9.10. The summed E-state index contributed by atoms with van der Waals surface area (Å²) >= 11 is 3.66. The van der Waals surface area contributed by atoms with Gasteiger partial charge in [-0.15, -0.1) is 0 Å². The smallest absolute Gasteiger partial charge is 0.107 e. The molecule has 1 aromatic heterocycles. The molecule has 0 amide bonds. The minimum atomic E-state index is 0.427. The second kappa shape index (κ2) is 5.32.